The van der Waals surface area contributed by atoms with Crippen LogP contribution < -0.4 is 0 Å². The summed E-state index contributed by atoms with van der Waals surface area (Å²) in [6.45, 7) is 14.5. The zero-order valence-corrected chi connectivity index (χ0v) is 24.4. The summed E-state index contributed by atoms with van der Waals surface area (Å²) in [5.41, 5.74) is 2.56. The molecule has 1 aliphatic rings. The van der Waals surface area contributed by atoms with Crippen LogP contribution in [0.15, 0.2) is 30.3 Å². The highest BCUT2D eigenvalue weighted by Crippen LogP contribution is 2.40. The Labute approximate surface area is 229 Å². The number of aromatic nitrogens is 3. The maximum absolute atomic E-state index is 13.0. The molecule has 0 atom stereocenters. The predicted molar refractivity (Wildman–Crippen MR) is 149 cm³/mol. The molecule has 206 valence electrons. The number of aryl methyl sites for hydroxylation is 1. The number of hydrogen-bond acceptors (Lipinski definition) is 7. The van der Waals surface area contributed by atoms with E-state index < -0.39 is 0 Å². The van der Waals surface area contributed by atoms with Gasteiger partial charge in [-0.3, -0.25) is 4.79 Å². The SMILES string of the molecule is CON1C(C)(C)CC(OC(=O)CCc2cc(-n3nc4ccc(Cl)cc4n3)c(O)c(C(C)(C)C)c2)CC1(C)C. The van der Waals surface area contributed by atoms with E-state index >= 15 is 0 Å². The fourth-order valence-corrected chi connectivity index (χ4v) is 5.95. The van der Waals surface area contributed by atoms with Crippen LogP contribution in [0.4, 0.5) is 0 Å². The van der Waals surface area contributed by atoms with Gasteiger partial charge >= 0.3 is 5.97 Å². The first-order valence-corrected chi connectivity index (χ1v) is 13.4. The van der Waals surface area contributed by atoms with Crippen LogP contribution in [0.3, 0.4) is 0 Å². The highest BCUT2D eigenvalue weighted by atomic mass is 35.5. The van der Waals surface area contributed by atoms with E-state index in [-0.39, 0.29) is 40.7 Å². The first kappa shape index (κ1) is 28.3. The summed E-state index contributed by atoms with van der Waals surface area (Å²) in [5, 5.41) is 22.8. The minimum atomic E-state index is -0.336. The van der Waals surface area contributed by atoms with Crippen molar-refractivity contribution in [1.29, 1.82) is 0 Å². The number of carbonyl (C=O) groups is 1. The van der Waals surface area contributed by atoms with Crippen LogP contribution in [0.5, 0.6) is 5.75 Å². The molecule has 0 amide bonds. The lowest BCUT2D eigenvalue weighted by Gasteiger charge is -2.52. The van der Waals surface area contributed by atoms with E-state index in [1.807, 2.05) is 38.0 Å². The second-order valence-electron chi connectivity index (χ2n) is 12.5. The summed E-state index contributed by atoms with van der Waals surface area (Å²) in [5.74, 6) is -0.124. The number of aromatic hydroxyl groups is 1. The molecule has 0 saturated carbocycles. The van der Waals surface area contributed by atoms with Gasteiger partial charge < -0.3 is 14.7 Å². The molecule has 38 heavy (non-hydrogen) atoms. The van der Waals surface area contributed by atoms with Gasteiger partial charge in [0.15, 0.2) is 0 Å². The lowest BCUT2D eigenvalue weighted by molar-refractivity contribution is -0.278. The topological polar surface area (TPSA) is 89.7 Å². The average Bonchev–Trinajstić information content (AvgIpc) is 3.19. The normalized spacial score (nSPS) is 18.1. The summed E-state index contributed by atoms with van der Waals surface area (Å²) in [7, 11) is 1.68. The highest BCUT2D eigenvalue weighted by Gasteiger charge is 2.47. The molecule has 3 aromatic rings. The number of phenolic OH excluding ortho intramolecular Hbond substituents is 1. The van der Waals surface area contributed by atoms with Gasteiger partial charge in [0.2, 0.25) is 0 Å². The number of hydrogen-bond donors (Lipinski definition) is 1. The van der Waals surface area contributed by atoms with E-state index in [2.05, 4.69) is 37.9 Å². The minimum absolute atomic E-state index is 0.115. The number of hydroxylamine groups is 2. The summed E-state index contributed by atoms with van der Waals surface area (Å²) < 4.78 is 5.95. The third-order valence-corrected chi connectivity index (χ3v) is 7.40. The molecule has 1 fully saturated rings. The van der Waals surface area contributed by atoms with Crippen LogP contribution in [0.1, 0.15) is 78.9 Å². The Bertz CT molecular complexity index is 1320. The molecule has 2 aromatic carbocycles. The smallest absolute Gasteiger partial charge is 0.306 e. The van der Waals surface area contributed by atoms with Crippen molar-refractivity contribution in [3.8, 4) is 11.4 Å². The number of fused-ring (bicyclic) bond motifs is 1. The summed E-state index contributed by atoms with van der Waals surface area (Å²) in [4.78, 5) is 20.0. The molecule has 2 heterocycles. The van der Waals surface area contributed by atoms with Crippen molar-refractivity contribution >= 4 is 28.6 Å². The monoisotopic (exact) mass is 542 g/mol. The molecule has 0 spiro atoms. The Morgan fingerprint density at radius 2 is 1.71 bits per heavy atom. The van der Waals surface area contributed by atoms with Gasteiger partial charge in [0.05, 0.1) is 7.11 Å². The van der Waals surface area contributed by atoms with Crippen LogP contribution in [0.2, 0.25) is 5.02 Å². The van der Waals surface area contributed by atoms with Gasteiger partial charge in [-0.05, 0) is 69.4 Å². The summed E-state index contributed by atoms with van der Waals surface area (Å²) >= 11 is 6.12. The first-order valence-electron chi connectivity index (χ1n) is 13.0. The van der Waals surface area contributed by atoms with Crippen LogP contribution in [-0.2, 0) is 26.2 Å². The number of piperidine rings is 1. The van der Waals surface area contributed by atoms with Gasteiger partial charge in [-0.25, -0.2) is 0 Å². The predicted octanol–water partition coefficient (Wildman–Crippen LogP) is 6.14. The maximum atomic E-state index is 13.0. The molecule has 1 aromatic heterocycles. The van der Waals surface area contributed by atoms with Crippen LogP contribution in [0, 0.1) is 0 Å². The van der Waals surface area contributed by atoms with Crippen LogP contribution in [-0.4, -0.2) is 55.4 Å². The highest BCUT2D eigenvalue weighted by molar-refractivity contribution is 6.31. The number of esters is 1. The molecule has 8 nitrogen and oxygen atoms in total. The molecular weight excluding hydrogens is 504 g/mol. The van der Waals surface area contributed by atoms with Crippen molar-refractivity contribution in [2.45, 2.75) is 96.7 Å². The van der Waals surface area contributed by atoms with E-state index in [1.165, 1.54) is 4.80 Å². The molecule has 0 aliphatic carbocycles. The van der Waals surface area contributed by atoms with E-state index in [4.69, 9.17) is 21.2 Å². The van der Waals surface area contributed by atoms with Crippen molar-refractivity contribution < 1.29 is 19.5 Å². The van der Waals surface area contributed by atoms with Gasteiger partial charge in [-0.2, -0.15) is 5.06 Å². The van der Waals surface area contributed by atoms with E-state index in [0.717, 1.165) is 11.1 Å². The molecular formula is C29H39ClN4O4. The lowest BCUT2D eigenvalue weighted by Crippen LogP contribution is -2.61. The third kappa shape index (κ3) is 5.82. The zero-order valence-electron chi connectivity index (χ0n) is 23.6. The molecule has 0 bridgehead atoms. The number of halogens is 1. The maximum Gasteiger partial charge on any atom is 0.306 e. The standard InChI is InChI=1S/C29H39ClN4O4/c1-27(2,3)21-13-18(14-24(26(21)36)33-31-22-11-10-19(30)15-23(22)32-33)9-12-25(35)38-20-16-28(4,5)34(37-8)29(6,7)17-20/h10-11,13-15,20,36H,9,12,16-17H2,1-8H3. The molecule has 0 unspecified atom stereocenters. The largest absolute Gasteiger partial charge is 0.505 e. The van der Waals surface area contributed by atoms with Crippen molar-refractivity contribution in [3.05, 3.63) is 46.5 Å². The lowest BCUT2D eigenvalue weighted by atomic mass is 9.80. The van der Waals surface area contributed by atoms with E-state index in [1.54, 1.807) is 25.3 Å². The third-order valence-electron chi connectivity index (χ3n) is 7.17. The number of phenols is 1. The van der Waals surface area contributed by atoms with Crippen molar-refractivity contribution in [1.82, 2.24) is 20.1 Å². The Kier molecular flexibility index (Phi) is 7.55. The number of nitrogens with zero attached hydrogens (tertiary/aromatic N) is 4. The van der Waals surface area contributed by atoms with E-state index in [0.29, 0.717) is 41.0 Å². The Morgan fingerprint density at radius 1 is 1.08 bits per heavy atom. The van der Waals surface area contributed by atoms with Gasteiger partial charge in [0.25, 0.3) is 0 Å². The Hall–Kier alpha value is -2.68. The second-order valence-corrected chi connectivity index (χ2v) is 12.9. The van der Waals surface area contributed by atoms with Crippen LogP contribution in [0.25, 0.3) is 16.7 Å². The number of rotatable bonds is 6. The fraction of sp³-hybridized carbons (Fsp3) is 0.552. The first-order chi connectivity index (χ1) is 17.6. The van der Waals surface area contributed by atoms with Gasteiger partial charge in [0, 0.05) is 40.9 Å². The minimum Gasteiger partial charge on any atom is -0.505 e. The number of benzene rings is 2. The fourth-order valence-electron chi connectivity index (χ4n) is 5.78. The van der Waals surface area contributed by atoms with Gasteiger partial charge in [-0.15, -0.1) is 15.0 Å². The Balaban J connectivity index is 1.55. The van der Waals surface area contributed by atoms with Crippen LogP contribution >= 0.6 is 11.6 Å². The zero-order chi connectivity index (χ0) is 28.0. The van der Waals surface area contributed by atoms with E-state index in [9.17, 15) is 9.90 Å². The molecule has 1 saturated heterocycles. The quantitative estimate of drug-likeness (QED) is 0.374. The summed E-state index contributed by atoms with van der Waals surface area (Å²) in [6.07, 6.45) is 1.88. The van der Waals surface area contributed by atoms with Gasteiger partial charge in [-0.1, -0.05) is 38.4 Å². The average molecular weight is 543 g/mol. The van der Waals surface area contributed by atoms with Crippen molar-refractivity contribution in [2.24, 2.45) is 0 Å². The number of carbonyl (C=O) groups excluding carboxylic acids is 1. The molecule has 1 N–H and O–H groups in total. The summed E-state index contributed by atoms with van der Waals surface area (Å²) in [6, 6.07) is 9.08. The molecule has 4 rings (SSSR count). The van der Waals surface area contributed by atoms with Gasteiger partial charge in [0.1, 0.15) is 28.6 Å². The molecule has 0 radical (unpaired) electrons. The second kappa shape index (κ2) is 10.1. The molecule has 9 heteroatoms. The molecule has 1 aliphatic heterocycles. The number of ether oxygens (including phenoxy) is 1. The Morgan fingerprint density at radius 3 is 2.32 bits per heavy atom. The van der Waals surface area contributed by atoms with Crippen molar-refractivity contribution in [3.63, 3.8) is 0 Å². The van der Waals surface area contributed by atoms with Crippen molar-refractivity contribution in [2.75, 3.05) is 7.11 Å².